The first-order valence-electron chi connectivity index (χ1n) is 5.73. The van der Waals surface area contributed by atoms with Crippen LogP contribution in [-0.4, -0.2) is 26.0 Å². The van der Waals surface area contributed by atoms with Crippen LogP contribution in [-0.2, 0) is 0 Å². The zero-order valence-electron chi connectivity index (χ0n) is 9.77. The summed E-state index contributed by atoms with van der Waals surface area (Å²) in [6.07, 6.45) is 4.33. The summed E-state index contributed by atoms with van der Waals surface area (Å²) in [4.78, 5) is 8.56. The molecule has 1 saturated carbocycles. The normalized spacial score (nSPS) is 21.0. The minimum atomic E-state index is -1.46. The lowest BCUT2D eigenvalue weighted by Crippen LogP contribution is -2.33. The van der Waals surface area contributed by atoms with Gasteiger partial charge in [0.05, 0.1) is 0 Å². The van der Waals surface area contributed by atoms with E-state index in [0.29, 0.717) is 18.8 Å². The van der Waals surface area contributed by atoms with E-state index >= 15 is 0 Å². The lowest BCUT2D eigenvalue weighted by atomic mass is 9.81. The highest BCUT2D eigenvalue weighted by atomic mass is 16.5. The van der Waals surface area contributed by atoms with Crippen LogP contribution in [0.15, 0.2) is 6.20 Å². The monoisotopic (exact) mass is 222 g/mol. The van der Waals surface area contributed by atoms with Crippen molar-refractivity contribution in [3.05, 3.63) is 23.3 Å². The molecule has 1 aliphatic carbocycles. The second kappa shape index (κ2) is 4.11. The van der Waals surface area contributed by atoms with Crippen molar-refractivity contribution in [1.82, 2.24) is 9.97 Å². The summed E-state index contributed by atoms with van der Waals surface area (Å²) >= 11 is 0. The molecule has 2 N–H and O–H groups in total. The maximum atomic E-state index is 9.48. The Labute approximate surface area is 95.4 Å². The number of aryl methyl sites for hydroxylation is 2. The van der Waals surface area contributed by atoms with Crippen LogP contribution >= 0.6 is 0 Å². The minimum Gasteiger partial charge on any atom is -0.366 e. The fraction of sp³-hybridized carbons (Fsp3) is 0.667. The first-order chi connectivity index (χ1) is 7.48. The first kappa shape index (κ1) is 11.5. The quantitative estimate of drug-likeness (QED) is 0.705. The van der Waals surface area contributed by atoms with Crippen molar-refractivity contribution in [2.75, 3.05) is 0 Å². The van der Waals surface area contributed by atoms with Gasteiger partial charge in [0.2, 0.25) is 0 Å². The van der Waals surface area contributed by atoms with Gasteiger partial charge < -0.3 is 10.2 Å². The number of hydrogen-bond donors (Lipinski definition) is 2. The fourth-order valence-electron chi connectivity index (χ4n) is 2.38. The predicted octanol–water partition coefficient (Wildman–Crippen LogP) is 1.43. The molecule has 0 bridgehead atoms. The molecule has 4 nitrogen and oxygen atoms in total. The van der Waals surface area contributed by atoms with Gasteiger partial charge in [-0.05, 0) is 38.2 Å². The van der Waals surface area contributed by atoms with Crippen molar-refractivity contribution in [3.8, 4) is 0 Å². The van der Waals surface area contributed by atoms with Crippen LogP contribution < -0.4 is 0 Å². The molecular weight excluding hydrogens is 204 g/mol. The fourth-order valence-corrected chi connectivity index (χ4v) is 2.38. The van der Waals surface area contributed by atoms with Crippen LogP contribution in [0.4, 0.5) is 0 Å². The van der Waals surface area contributed by atoms with E-state index in [1.54, 1.807) is 0 Å². The highest BCUT2D eigenvalue weighted by Gasteiger charge is 2.32. The standard InChI is InChI=1S/C12H18N2O2/c1-8-11(7-13-9(2)14-8)10-3-5-12(15,16)6-4-10/h7,10,15-16H,3-6H2,1-2H3. The van der Waals surface area contributed by atoms with Gasteiger partial charge >= 0.3 is 0 Å². The van der Waals surface area contributed by atoms with E-state index in [1.165, 1.54) is 0 Å². The molecule has 16 heavy (non-hydrogen) atoms. The molecule has 1 aromatic heterocycles. The summed E-state index contributed by atoms with van der Waals surface area (Å²) < 4.78 is 0. The lowest BCUT2D eigenvalue weighted by molar-refractivity contribution is -0.182. The molecule has 0 aliphatic heterocycles. The molecule has 1 aliphatic rings. The number of aromatic nitrogens is 2. The maximum Gasteiger partial charge on any atom is 0.162 e. The molecule has 0 saturated heterocycles. The Hall–Kier alpha value is -1.00. The molecule has 2 rings (SSSR count). The summed E-state index contributed by atoms with van der Waals surface area (Å²) in [5, 5.41) is 19.0. The lowest BCUT2D eigenvalue weighted by Gasteiger charge is -2.32. The van der Waals surface area contributed by atoms with E-state index < -0.39 is 5.79 Å². The van der Waals surface area contributed by atoms with Crippen molar-refractivity contribution < 1.29 is 10.2 Å². The zero-order valence-corrected chi connectivity index (χ0v) is 9.77. The van der Waals surface area contributed by atoms with Crippen LogP contribution in [0.1, 0.15) is 48.7 Å². The molecule has 1 fully saturated rings. The predicted molar refractivity (Wildman–Crippen MR) is 59.9 cm³/mol. The highest BCUT2D eigenvalue weighted by molar-refractivity contribution is 5.21. The van der Waals surface area contributed by atoms with Crippen molar-refractivity contribution in [1.29, 1.82) is 0 Å². The highest BCUT2D eigenvalue weighted by Crippen LogP contribution is 2.37. The molecule has 0 radical (unpaired) electrons. The van der Waals surface area contributed by atoms with Gasteiger partial charge in [-0.25, -0.2) is 9.97 Å². The van der Waals surface area contributed by atoms with Crippen molar-refractivity contribution in [2.45, 2.75) is 51.2 Å². The number of aliphatic hydroxyl groups is 2. The molecule has 0 spiro atoms. The Balaban J connectivity index is 2.14. The van der Waals surface area contributed by atoms with Crippen molar-refractivity contribution in [3.63, 3.8) is 0 Å². The molecule has 0 aromatic carbocycles. The minimum absolute atomic E-state index is 0.369. The molecule has 88 valence electrons. The van der Waals surface area contributed by atoms with E-state index in [4.69, 9.17) is 0 Å². The summed E-state index contributed by atoms with van der Waals surface area (Å²) in [6, 6.07) is 0. The van der Waals surface area contributed by atoms with Gasteiger partial charge in [0.25, 0.3) is 0 Å². The van der Waals surface area contributed by atoms with E-state index in [2.05, 4.69) is 9.97 Å². The summed E-state index contributed by atoms with van der Waals surface area (Å²) in [5.41, 5.74) is 2.17. The Morgan fingerprint density at radius 2 is 1.88 bits per heavy atom. The van der Waals surface area contributed by atoms with Gasteiger partial charge in [-0.3, -0.25) is 0 Å². The third-order valence-electron chi connectivity index (χ3n) is 3.36. The second-order valence-electron chi connectivity index (χ2n) is 4.71. The van der Waals surface area contributed by atoms with E-state index in [1.807, 2.05) is 20.0 Å². The van der Waals surface area contributed by atoms with Crippen molar-refractivity contribution in [2.24, 2.45) is 0 Å². The van der Waals surface area contributed by atoms with Gasteiger partial charge in [0.1, 0.15) is 5.82 Å². The maximum absolute atomic E-state index is 9.48. The molecular formula is C12H18N2O2. The molecule has 1 heterocycles. The average molecular weight is 222 g/mol. The van der Waals surface area contributed by atoms with Crippen LogP contribution in [0.3, 0.4) is 0 Å². The number of hydrogen-bond acceptors (Lipinski definition) is 4. The van der Waals surface area contributed by atoms with Crippen LogP contribution in [0.5, 0.6) is 0 Å². The first-order valence-corrected chi connectivity index (χ1v) is 5.73. The van der Waals surface area contributed by atoms with Gasteiger partial charge in [-0.1, -0.05) is 0 Å². The Morgan fingerprint density at radius 1 is 1.25 bits per heavy atom. The molecule has 1 aromatic rings. The number of nitrogens with zero attached hydrogens (tertiary/aromatic N) is 2. The largest absolute Gasteiger partial charge is 0.366 e. The molecule has 4 heteroatoms. The van der Waals surface area contributed by atoms with Gasteiger partial charge in [-0.15, -0.1) is 0 Å². The smallest absolute Gasteiger partial charge is 0.162 e. The summed E-state index contributed by atoms with van der Waals surface area (Å²) in [5.74, 6) is -0.306. The van der Waals surface area contributed by atoms with Crippen LogP contribution in [0.2, 0.25) is 0 Å². The van der Waals surface area contributed by atoms with Gasteiger partial charge in [0.15, 0.2) is 5.79 Å². The van der Waals surface area contributed by atoms with E-state index in [-0.39, 0.29) is 0 Å². The second-order valence-corrected chi connectivity index (χ2v) is 4.71. The van der Waals surface area contributed by atoms with Crippen LogP contribution in [0.25, 0.3) is 0 Å². The van der Waals surface area contributed by atoms with E-state index in [0.717, 1.165) is 29.9 Å². The van der Waals surface area contributed by atoms with Gasteiger partial charge in [0, 0.05) is 24.7 Å². The Kier molecular flexibility index (Phi) is 2.95. The molecule has 0 atom stereocenters. The molecule has 0 amide bonds. The average Bonchev–Trinajstić information content (AvgIpc) is 2.19. The topological polar surface area (TPSA) is 66.2 Å². The summed E-state index contributed by atoms with van der Waals surface area (Å²) in [6.45, 7) is 3.87. The number of rotatable bonds is 1. The van der Waals surface area contributed by atoms with E-state index in [9.17, 15) is 10.2 Å². The van der Waals surface area contributed by atoms with Crippen LogP contribution in [0, 0.1) is 13.8 Å². The summed E-state index contributed by atoms with van der Waals surface area (Å²) in [7, 11) is 0. The third kappa shape index (κ3) is 2.39. The Morgan fingerprint density at radius 3 is 2.44 bits per heavy atom. The Bertz CT molecular complexity index is 381. The third-order valence-corrected chi connectivity index (χ3v) is 3.36. The zero-order chi connectivity index (χ0) is 11.8. The SMILES string of the molecule is Cc1ncc(C2CCC(O)(O)CC2)c(C)n1. The van der Waals surface area contributed by atoms with Crippen molar-refractivity contribution >= 4 is 0 Å². The molecule has 0 unspecified atom stereocenters. The van der Waals surface area contributed by atoms with Gasteiger partial charge in [-0.2, -0.15) is 0 Å².